The molecule has 1 aliphatic heterocycles. The summed E-state index contributed by atoms with van der Waals surface area (Å²) < 4.78 is 11.3. The van der Waals surface area contributed by atoms with Crippen LogP contribution in [0.1, 0.15) is 31.4 Å². The lowest BCUT2D eigenvalue weighted by atomic mass is 10.1. The standard InChI is InChI=1S/C18H29N3O2.HI/c1-14(2)6-9-23-17-12-15(3)4-5-16(17)13-20-18(19)21-7-10-22-11-8-21;/h4-5,12,14H,6-11,13H2,1-3H3,(H2,19,20);1H. The number of hydrogen-bond acceptors (Lipinski definition) is 3. The molecule has 0 aliphatic carbocycles. The summed E-state index contributed by atoms with van der Waals surface area (Å²) in [6.45, 7) is 10.8. The average Bonchev–Trinajstić information content (AvgIpc) is 2.54. The number of nitrogens with zero attached hydrogens (tertiary/aromatic N) is 2. The maximum absolute atomic E-state index is 6.10. The third-order valence-electron chi connectivity index (χ3n) is 3.92. The third-order valence-corrected chi connectivity index (χ3v) is 3.92. The second kappa shape index (κ2) is 10.8. The molecule has 1 fully saturated rings. The first-order chi connectivity index (χ1) is 11.1. The molecule has 1 heterocycles. The van der Waals surface area contributed by atoms with Crippen LogP contribution in [0.2, 0.25) is 0 Å². The monoisotopic (exact) mass is 447 g/mol. The quantitative estimate of drug-likeness (QED) is 0.414. The molecule has 5 nitrogen and oxygen atoms in total. The first kappa shape index (κ1) is 21.0. The number of guanidine groups is 1. The number of aliphatic imine (C=N–C) groups is 1. The Morgan fingerprint density at radius 2 is 2.04 bits per heavy atom. The molecular weight excluding hydrogens is 417 g/mol. The Balaban J connectivity index is 0.00000288. The Labute approximate surface area is 162 Å². The molecule has 0 radical (unpaired) electrons. The smallest absolute Gasteiger partial charge is 0.191 e. The van der Waals surface area contributed by atoms with Gasteiger partial charge in [0, 0.05) is 18.7 Å². The van der Waals surface area contributed by atoms with Crippen LogP contribution in [0, 0.1) is 12.8 Å². The Kier molecular flexibility index (Phi) is 9.43. The molecule has 2 N–H and O–H groups in total. The minimum atomic E-state index is 0. The number of benzene rings is 1. The van der Waals surface area contributed by atoms with Crippen LogP contribution in [0.4, 0.5) is 0 Å². The highest BCUT2D eigenvalue weighted by atomic mass is 127. The first-order valence-corrected chi connectivity index (χ1v) is 8.41. The van der Waals surface area contributed by atoms with Gasteiger partial charge in [0.2, 0.25) is 0 Å². The number of nitrogens with two attached hydrogens (primary N) is 1. The van der Waals surface area contributed by atoms with Crippen LogP contribution in [0.5, 0.6) is 5.75 Å². The fraction of sp³-hybridized carbons (Fsp3) is 0.611. The van der Waals surface area contributed by atoms with Gasteiger partial charge in [-0.3, -0.25) is 0 Å². The van der Waals surface area contributed by atoms with Crippen LogP contribution in [0.3, 0.4) is 0 Å². The fourth-order valence-corrected chi connectivity index (χ4v) is 2.39. The van der Waals surface area contributed by atoms with Crippen molar-refractivity contribution in [1.29, 1.82) is 0 Å². The van der Waals surface area contributed by atoms with Crippen LogP contribution >= 0.6 is 24.0 Å². The van der Waals surface area contributed by atoms with Gasteiger partial charge in [0.1, 0.15) is 5.75 Å². The van der Waals surface area contributed by atoms with Gasteiger partial charge >= 0.3 is 0 Å². The second-order valence-electron chi connectivity index (χ2n) is 6.42. The lowest BCUT2D eigenvalue weighted by Crippen LogP contribution is -2.44. The largest absolute Gasteiger partial charge is 0.493 e. The van der Waals surface area contributed by atoms with Crippen LogP contribution < -0.4 is 10.5 Å². The van der Waals surface area contributed by atoms with Gasteiger partial charge in [-0.15, -0.1) is 24.0 Å². The lowest BCUT2D eigenvalue weighted by Gasteiger charge is -2.27. The summed E-state index contributed by atoms with van der Waals surface area (Å²) in [4.78, 5) is 6.60. The molecular formula is C18H30IN3O2. The molecule has 0 unspecified atom stereocenters. The van der Waals surface area contributed by atoms with E-state index >= 15 is 0 Å². The number of halogens is 1. The normalized spacial score (nSPS) is 15.3. The van der Waals surface area contributed by atoms with E-state index in [-0.39, 0.29) is 24.0 Å². The van der Waals surface area contributed by atoms with Crippen molar-refractivity contribution >= 4 is 29.9 Å². The van der Waals surface area contributed by atoms with Gasteiger partial charge in [-0.05, 0) is 30.9 Å². The van der Waals surface area contributed by atoms with E-state index in [0.717, 1.165) is 37.4 Å². The van der Waals surface area contributed by atoms with E-state index in [1.54, 1.807) is 0 Å². The zero-order chi connectivity index (χ0) is 16.7. The van der Waals surface area contributed by atoms with Crippen LogP contribution in [-0.2, 0) is 11.3 Å². The molecule has 6 heteroatoms. The van der Waals surface area contributed by atoms with Crippen molar-refractivity contribution < 1.29 is 9.47 Å². The van der Waals surface area contributed by atoms with Crippen molar-refractivity contribution in [2.24, 2.45) is 16.6 Å². The summed E-state index contributed by atoms with van der Waals surface area (Å²) in [5, 5.41) is 0. The van der Waals surface area contributed by atoms with Crippen LogP contribution in [0.25, 0.3) is 0 Å². The van der Waals surface area contributed by atoms with E-state index in [1.807, 2.05) is 0 Å². The lowest BCUT2D eigenvalue weighted by molar-refractivity contribution is 0.0674. The molecule has 1 saturated heterocycles. The van der Waals surface area contributed by atoms with E-state index in [1.165, 1.54) is 5.56 Å². The van der Waals surface area contributed by atoms with Crippen molar-refractivity contribution in [3.63, 3.8) is 0 Å². The highest BCUT2D eigenvalue weighted by Crippen LogP contribution is 2.22. The summed E-state index contributed by atoms with van der Waals surface area (Å²) in [5.41, 5.74) is 8.37. The van der Waals surface area contributed by atoms with E-state index < -0.39 is 0 Å². The third kappa shape index (κ3) is 6.84. The summed E-state index contributed by atoms with van der Waals surface area (Å²) in [7, 11) is 0. The predicted molar refractivity (Wildman–Crippen MR) is 109 cm³/mol. The average molecular weight is 447 g/mol. The Morgan fingerprint density at radius 3 is 2.71 bits per heavy atom. The molecule has 0 spiro atoms. The molecule has 1 aromatic rings. The molecule has 0 amide bonds. The van der Waals surface area contributed by atoms with Gasteiger partial charge < -0.3 is 20.1 Å². The number of aryl methyl sites for hydroxylation is 1. The maximum atomic E-state index is 6.10. The zero-order valence-corrected chi connectivity index (χ0v) is 17.3. The summed E-state index contributed by atoms with van der Waals surface area (Å²) in [6.07, 6.45) is 1.05. The van der Waals surface area contributed by atoms with E-state index in [9.17, 15) is 0 Å². The number of ether oxygens (including phenoxy) is 2. The minimum Gasteiger partial charge on any atom is -0.493 e. The van der Waals surface area contributed by atoms with E-state index in [0.29, 0.717) is 31.6 Å². The molecule has 1 aliphatic rings. The van der Waals surface area contributed by atoms with Gasteiger partial charge in [0.25, 0.3) is 0 Å². The molecule has 24 heavy (non-hydrogen) atoms. The van der Waals surface area contributed by atoms with Gasteiger partial charge in [-0.25, -0.2) is 4.99 Å². The number of hydrogen-bond donors (Lipinski definition) is 1. The van der Waals surface area contributed by atoms with Crippen molar-refractivity contribution in [1.82, 2.24) is 4.90 Å². The van der Waals surface area contributed by atoms with Crippen molar-refractivity contribution in [2.45, 2.75) is 33.7 Å². The molecule has 0 aromatic heterocycles. The Bertz CT molecular complexity index is 529. The summed E-state index contributed by atoms with van der Waals surface area (Å²) in [6, 6.07) is 6.25. The minimum absolute atomic E-state index is 0. The van der Waals surface area contributed by atoms with Crippen LogP contribution in [0.15, 0.2) is 23.2 Å². The van der Waals surface area contributed by atoms with Gasteiger partial charge in [-0.1, -0.05) is 26.0 Å². The Morgan fingerprint density at radius 1 is 1.33 bits per heavy atom. The number of morpholine rings is 1. The summed E-state index contributed by atoms with van der Waals surface area (Å²) in [5.74, 6) is 2.14. The first-order valence-electron chi connectivity index (χ1n) is 8.41. The maximum Gasteiger partial charge on any atom is 0.191 e. The fourth-order valence-electron chi connectivity index (χ4n) is 2.39. The Hall–Kier alpha value is -1.02. The van der Waals surface area contributed by atoms with Gasteiger partial charge in [0.15, 0.2) is 5.96 Å². The van der Waals surface area contributed by atoms with Gasteiger partial charge in [0.05, 0.1) is 26.4 Å². The summed E-state index contributed by atoms with van der Waals surface area (Å²) >= 11 is 0. The van der Waals surface area contributed by atoms with Crippen LogP contribution in [-0.4, -0.2) is 43.8 Å². The highest BCUT2D eigenvalue weighted by Gasteiger charge is 2.12. The highest BCUT2D eigenvalue weighted by molar-refractivity contribution is 14.0. The molecule has 1 aromatic carbocycles. The SMILES string of the molecule is Cc1ccc(CN=C(N)N2CCOCC2)c(OCCC(C)C)c1.I. The molecule has 0 saturated carbocycles. The van der Waals surface area contributed by atoms with E-state index in [2.05, 4.69) is 48.9 Å². The topological polar surface area (TPSA) is 60.1 Å². The van der Waals surface area contributed by atoms with Crippen molar-refractivity contribution in [2.75, 3.05) is 32.9 Å². The van der Waals surface area contributed by atoms with E-state index in [4.69, 9.17) is 15.2 Å². The van der Waals surface area contributed by atoms with Crippen molar-refractivity contribution in [3.05, 3.63) is 29.3 Å². The van der Waals surface area contributed by atoms with Gasteiger partial charge in [-0.2, -0.15) is 0 Å². The second-order valence-corrected chi connectivity index (χ2v) is 6.42. The molecule has 136 valence electrons. The van der Waals surface area contributed by atoms with Crippen molar-refractivity contribution in [3.8, 4) is 5.75 Å². The molecule has 0 bridgehead atoms. The zero-order valence-electron chi connectivity index (χ0n) is 15.0. The molecule has 0 atom stereocenters. The molecule has 2 rings (SSSR count). The predicted octanol–water partition coefficient (Wildman–Crippen LogP) is 3.18. The number of rotatable bonds is 6.